The number of methoxy groups -OCH3 is 1. The van der Waals surface area contributed by atoms with Gasteiger partial charge in [0.2, 0.25) is 11.9 Å². The number of aromatic nitrogens is 3. The Morgan fingerprint density at radius 3 is 2.92 bits per heavy atom. The summed E-state index contributed by atoms with van der Waals surface area (Å²) in [5.74, 6) is 1.27. The molecular weight excluding hydrogens is 342 g/mol. The zero-order valence-electron chi connectivity index (χ0n) is 14.0. The molecule has 25 heavy (non-hydrogen) atoms. The molecule has 3 rings (SSSR count). The minimum absolute atomic E-state index is 0.316. The number of anilines is 2. The number of rotatable bonds is 5. The second-order valence-corrected chi connectivity index (χ2v) is 6.18. The SMILES string of the molecule is COc1ccc(Cl)cc1/C=C/C(=O)Nc1nc(N2CCCCC2)n[nH]1. The fourth-order valence-electron chi connectivity index (χ4n) is 2.70. The highest BCUT2D eigenvalue weighted by molar-refractivity contribution is 6.30. The molecule has 1 aliphatic rings. The van der Waals surface area contributed by atoms with Crippen molar-refractivity contribution in [2.24, 2.45) is 0 Å². The first kappa shape index (κ1) is 17.3. The highest BCUT2D eigenvalue weighted by Crippen LogP contribution is 2.23. The molecule has 2 aromatic rings. The maximum Gasteiger partial charge on any atom is 0.250 e. The minimum atomic E-state index is -0.316. The summed E-state index contributed by atoms with van der Waals surface area (Å²) in [6.07, 6.45) is 6.56. The van der Waals surface area contributed by atoms with Gasteiger partial charge in [0.1, 0.15) is 5.75 Å². The Kier molecular flexibility index (Phi) is 5.55. The van der Waals surface area contributed by atoms with E-state index in [0.29, 0.717) is 22.7 Å². The van der Waals surface area contributed by atoms with Gasteiger partial charge in [-0.05, 0) is 43.5 Å². The average Bonchev–Trinajstić information content (AvgIpc) is 3.09. The van der Waals surface area contributed by atoms with E-state index < -0.39 is 0 Å². The molecule has 0 bridgehead atoms. The van der Waals surface area contributed by atoms with Crippen molar-refractivity contribution < 1.29 is 9.53 Å². The highest BCUT2D eigenvalue weighted by atomic mass is 35.5. The minimum Gasteiger partial charge on any atom is -0.496 e. The van der Waals surface area contributed by atoms with Gasteiger partial charge in [-0.1, -0.05) is 11.6 Å². The van der Waals surface area contributed by atoms with Gasteiger partial charge in [-0.2, -0.15) is 4.98 Å². The molecule has 1 fully saturated rings. The molecule has 0 aliphatic carbocycles. The van der Waals surface area contributed by atoms with Gasteiger partial charge in [-0.15, -0.1) is 5.10 Å². The van der Waals surface area contributed by atoms with E-state index in [0.717, 1.165) is 31.5 Å². The van der Waals surface area contributed by atoms with Crippen molar-refractivity contribution in [3.8, 4) is 5.75 Å². The second-order valence-electron chi connectivity index (χ2n) is 5.74. The molecule has 0 radical (unpaired) electrons. The number of amides is 1. The number of hydrogen-bond donors (Lipinski definition) is 2. The van der Waals surface area contributed by atoms with Crippen molar-refractivity contribution in [3.05, 3.63) is 34.9 Å². The standard InChI is InChI=1S/C17H20ClN5O2/c1-25-14-7-6-13(18)11-12(14)5-8-15(24)19-16-20-17(22-21-16)23-9-3-2-4-10-23/h5-8,11H,2-4,9-10H2,1H3,(H2,19,20,21,22,24)/b8-5+. The lowest BCUT2D eigenvalue weighted by molar-refractivity contribution is -0.111. The first-order valence-corrected chi connectivity index (χ1v) is 8.53. The molecule has 0 saturated carbocycles. The summed E-state index contributed by atoms with van der Waals surface area (Å²) >= 11 is 5.98. The van der Waals surface area contributed by atoms with E-state index in [4.69, 9.17) is 16.3 Å². The molecule has 1 aromatic carbocycles. The van der Waals surface area contributed by atoms with Crippen molar-refractivity contribution in [2.75, 3.05) is 30.4 Å². The smallest absolute Gasteiger partial charge is 0.250 e. The molecule has 1 aromatic heterocycles. The largest absolute Gasteiger partial charge is 0.496 e. The van der Waals surface area contributed by atoms with Crippen molar-refractivity contribution >= 4 is 35.5 Å². The summed E-state index contributed by atoms with van der Waals surface area (Å²) in [7, 11) is 1.57. The number of nitrogens with zero attached hydrogens (tertiary/aromatic N) is 3. The normalized spacial score (nSPS) is 14.7. The maximum atomic E-state index is 12.1. The molecule has 0 spiro atoms. The van der Waals surface area contributed by atoms with Crippen molar-refractivity contribution in [1.82, 2.24) is 15.2 Å². The van der Waals surface area contributed by atoms with Crippen LogP contribution in [0.2, 0.25) is 5.02 Å². The number of H-pyrrole nitrogens is 1. The quantitative estimate of drug-likeness (QED) is 0.799. The van der Waals surface area contributed by atoms with Gasteiger partial charge >= 0.3 is 0 Å². The zero-order chi connectivity index (χ0) is 17.6. The number of benzene rings is 1. The van der Waals surface area contributed by atoms with E-state index in [2.05, 4.69) is 25.4 Å². The van der Waals surface area contributed by atoms with Gasteiger partial charge in [0.25, 0.3) is 5.91 Å². The van der Waals surface area contributed by atoms with Crippen LogP contribution in [0, 0.1) is 0 Å². The summed E-state index contributed by atoms with van der Waals surface area (Å²) in [5.41, 5.74) is 0.719. The molecular formula is C17H20ClN5O2. The van der Waals surface area contributed by atoms with Gasteiger partial charge in [-0.25, -0.2) is 5.10 Å². The van der Waals surface area contributed by atoms with Gasteiger partial charge < -0.3 is 9.64 Å². The van der Waals surface area contributed by atoms with Crippen molar-refractivity contribution in [1.29, 1.82) is 0 Å². The average molecular weight is 362 g/mol. The first-order valence-electron chi connectivity index (χ1n) is 8.15. The number of ether oxygens (including phenoxy) is 1. The Balaban J connectivity index is 1.63. The van der Waals surface area contributed by atoms with E-state index >= 15 is 0 Å². The fraction of sp³-hybridized carbons (Fsp3) is 0.353. The van der Waals surface area contributed by atoms with Crippen LogP contribution in [0.4, 0.5) is 11.9 Å². The predicted octanol–water partition coefficient (Wildman–Crippen LogP) is 3.11. The van der Waals surface area contributed by atoms with Crippen molar-refractivity contribution in [2.45, 2.75) is 19.3 Å². The van der Waals surface area contributed by atoms with Crippen LogP contribution < -0.4 is 15.0 Å². The Morgan fingerprint density at radius 2 is 2.16 bits per heavy atom. The molecule has 0 unspecified atom stereocenters. The summed E-state index contributed by atoms with van der Waals surface area (Å²) < 4.78 is 5.25. The lowest BCUT2D eigenvalue weighted by Gasteiger charge is -2.24. The Labute approximate surface area is 151 Å². The molecule has 1 saturated heterocycles. The number of halogens is 1. The number of hydrogen-bond acceptors (Lipinski definition) is 5. The van der Waals surface area contributed by atoms with Crippen LogP contribution in [0.25, 0.3) is 6.08 Å². The number of carbonyl (C=O) groups excluding carboxylic acids is 1. The van der Waals surface area contributed by atoms with Crippen LogP contribution in [0.5, 0.6) is 5.75 Å². The Morgan fingerprint density at radius 1 is 1.36 bits per heavy atom. The first-order chi connectivity index (χ1) is 12.2. The molecule has 8 heteroatoms. The van der Waals surface area contributed by atoms with Crippen molar-refractivity contribution in [3.63, 3.8) is 0 Å². The van der Waals surface area contributed by atoms with Gasteiger partial charge in [-0.3, -0.25) is 10.1 Å². The fourth-order valence-corrected chi connectivity index (χ4v) is 2.88. The monoisotopic (exact) mass is 361 g/mol. The summed E-state index contributed by atoms with van der Waals surface area (Å²) in [6, 6.07) is 5.21. The molecule has 1 amide bonds. The van der Waals surface area contributed by atoms with E-state index in [1.165, 1.54) is 12.5 Å². The van der Waals surface area contributed by atoms with E-state index in [-0.39, 0.29) is 5.91 Å². The van der Waals surface area contributed by atoms with Gasteiger partial charge in [0.05, 0.1) is 7.11 Å². The van der Waals surface area contributed by atoms with Crippen LogP contribution in [0.3, 0.4) is 0 Å². The number of nitrogens with one attached hydrogen (secondary N) is 2. The third-order valence-electron chi connectivity index (χ3n) is 3.96. The topological polar surface area (TPSA) is 83.1 Å². The second kappa shape index (κ2) is 8.02. The Hall–Kier alpha value is -2.54. The van der Waals surface area contributed by atoms with E-state index in [1.54, 1.807) is 31.4 Å². The summed E-state index contributed by atoms with van der Waals surface area (Å²) in [6.45, 7) is 1.89. The molecule has 1 aliphatic heterocycles. The van der Waals surface area contributed by atoms with Crippen LogP contribution in [-0.2, 0) is 4.79 Å². The lowest BCUT2D eigenvalue weighted by atomic mass is 10.1. The van der Waals surface area contributed by atoms with Crippen LogP contribution in [0.1, 0.15) is 24.8 Å². The maximum absolute atomic E-state index is 12.1. The van der Waals surface area contributed by atoms with Crippen LogP contribution >= 0.6 is 11.6 Å². The molecule has 7 nitrogen and oxygen atoms in total. The number of carbonyl (C=O) groups is 1. The third-order valence-corrected chi connectivity index (χ3v) is 4.20. The number of aromatic amines is 1. The predicted molar refractivity (Wildman–Crippen MR) is 98.1 cm³/mol. The van der Waals surface area contributed by atoms with Gasteiger partial charge in [0, 0.05) is 29.8 Å². The van der Waals surface area contributed by atoms with E-state index in [1.807, 2.05) is 0 Å². The summed E-state index contributed by atoms with van der Waals surface area (Å²) in [5, 5.41) is 10.2. The Bertz CT molecular complexity index is 768. The third kappa shape index (κ3) is 4.51. The molecule has 0 atom stereocenters. The van der Waals surface area contributed by atoms with Crippen LogP contribution in [0.15, 0.2) is 24.3 Å². The lowest BCUT2D eigenvalue weighted by Crippen LogP contribution is -2.30. The van der Waals surface area contributed by atoms with E-state index in [9.17, 15) is 4.79 Å². The zero-order valence-corrected chi connectivity index (χ0v) is 14.7. The van der Waals surface area contributed by atoms with Crippen LogP contribution in [-0.4, -0.2) is 41.3 Å². The molecule has 2 heterocycles. The number of piperidine rings is 1. The highest BCUT2D eigenvalue weighted by Gasteiger charge is 2.15. The summed E-state index contributed by atoms with van der Waals surface area (Å²) in [4.78, 5) is 18.5. The van der Waals surface area contributed by atoms with Gasteiger partial charge in [0.15, 0.2) is 0 Å². The molecule has 132 valence electrons. The molecule has 2 N–H and O–H groups in total.